The van der Waals surface area contributed by atoms with Crippen molar-refractivity contribution >= 4 is 11.4 Å². The van der Waals surface area contributed by atoms with Crippen LogP contribution in [0.3, 0.4) is 0 Å². The number of nitrogens with one attached hydrogen (secondary N) is 1. The van der Waals surface area contributed by atoms with Gasteiger partial charge in [0.2, 0.25) is 0 Å². The van der Waals surface area contributed by atoms with Crippen LogP contribution in [0.4, 0.5) is 11.4 Å². The summed E-state index contributed by atoms with van der Waals surface area (Å²) in [5.74, 6) is 0. The van der Waals surface area contributed by atoms with Crippen LogP contribution in [0.1, 0.15) is 0 Å². The number of hydrogen-bond acceptors (Lipinski definition) is 8. The predicted octanol–water partition coefficient (Wildman–Crippen LogP) is -0.769. The molecule has 4 atom stereocenters. The third kappa shape index (κ3) is 3.13. The van der Waals surface area contributed by atoms with Gasteiger partial charge in [-0.05, 0) is 24.3 Å². The molecule has 1 aliphatic rings. The lowest BCUT2D eigenvalue weighted by molar-refractivity contribution is -0.178. The second-order valence-electron chi connectivity index (χ2n) is 4.27. The van der Waals surface area contributed by atoms with Crippen LogP contribution < -0.4 is 10.5 Å². The van der Waals surface area contributed by atoms with Crippen molar-refractivity contribution in [3.05, 3.63) is 29.5 Å². The lowest BCUT2D eigenvalue weighted by Crippen LogP contribution is -2.55. The number of hydrogen-bond donors (Lipinski definition) is 5. The smallest absolute Gasteiger partial charge is 0.156 e. The standard InChI is InChI=1S/C11H15N2O6/c14-8-5-19-11(10(16)9(8)15)12-6-1-3-7(4-2-6)13(17)18/h1-4,8-12,14-17H,5H2/q-1. The fourth-order valence-electron chi connectivity index (χ4n) is 1.78. The summed E-state index contributed by atoms with van der Waals surface area (Å²) in [4.78, 5) is 0. The minimum Gasteiger partial charge on any atom is -0.733 e. The van der Waals surface area contributed by atoms with Crippen LogP contribution in [0, 0.1) is 5.21 Å². The highest BCUT2D eigenvalue weighted by molar-refractivity contribution is 5.54. The van der Waals surface area contributed by atoms with Gasteiger partial charge in [0.1, 0.15) is 18.3 Å². The van der Waals surface area contributed by atoms with Crippen LogP contribution >= 0.6 is 0 Å². The Balaban J connectivity index is 2.01. The van der Waals surface area contributed by atoms with Crippen LogP contribution in [0.25, 0.3) is 0 Å². The molecule has 1 aromatic carbocycles. The summed E-state index contributed by atoms with van der Waals surface area (Å²) in [5.41, 5.74) is 0.587. The molecule has 1 aromatic rings. The molecular formula is C11H15N2O6-. The zero-order valence-electron chi connectivity index (χ0n) is 9.88. The van der Waals surface area contributed by atoms with Crippen LogP contribution in [-0.4, -0.2) is 51.7 Å². The Morgan fingerprint density at radius 2 is 1.79 bits per heavy atom. The molecule has 4 unspecified atom stereocenters. The molecule has 1 fully saturated rings. The van der Waals surface area contributed by atoms with E-state index in [0.717, 1.165) is 0 Å². The van der Waals surface area contributed by atoms with Crippen molar-refractivity contribution < 1.29 is 25.3 Å². The van der Waals surface area contributed by atoms with E-state index in [9.17, 15) is 20.5 Å². The van der Waals surface area contributed by atoms with Gasteiger partial charge in [0, 0.05) is 5.69 Å². The highest BCUT2D eigenvalue weighted by Crippen LogP contribution is 2.20. The van der Waals surface area contributed by atoms with Gasteiger partial charge in [0.15, 0.2) is 6.23 Å². The average Bonchev–Trinajstić information content (AvgIpc) is 2.40. The van der Waals surface area contributed by atoms with E-state index in [2.05, 4.69) is 5.32 Å². The molecule has 19 heavy (non-hydrogen) atoms. The first-order valence-electron chi connectivity index (χ1n) is 5.67. The Morgan fingerprint density at radius 3 is 2.37 bits per heavy atom. The molecule has 1 saturated heterocycles. The number of aliphatic hydroxyl groups is 3. The van der Waals surface area contributed by atoms with Crippen LogP contribution in [0.5, 0.6) is 0 Å². The molecular weight excluding hydrogens is 256 g/mol. The minimum absolute atomic E-state index is 0.0612. The molecule has 0 aliphatic carbocycles. The zero-order valence-corrected chi connectivity index (χ0v) is 9.88. The first-order chi connectivity index (χ1) is 8.99. The van der Waals surface area contributed by atoms with E-state index < -0.39 is 24.5 Å². The fraction of sp³-hybridized carbons (Fsp3) is 0.455. The largest absolute Gasteiger partial charge is 0.733 e. The molecule has 1 aliphatic heterocycles. The zero-order chi connectivity index (χ0) is 14.0. The fourth-order valence-corrected chi connectivity index (χ4v) is 1.78. The number of nitrogens with zero attached hydrogens (tertiary/aromatic N) is 1. The highest BCUT2D eigenvalue weighted by Gasteiger charge is 2.37. The topological polar surface area (TPSA) is 128 Å². The molecule has 0 spiro atoms. The first-order valence-corrected chi connectivity index (χ1v) is 5.67. The van der Waals surface area contributed by atoms with E-state index >= 15 is 0 Å². The van der Waals surface area contributed by atoms with Crippen LogP contribution in [0.2, 0.25) is 0 Å². The second kappa shape index (κ2) is 5.70. The molecule has 8 heteroatoms. The summed E-state index contributed by atoms with van der Waals surface area (Å²) >= 11 is 0. The number of anilines is 2. The molecule has 0 bridgehead atoms. The van der Waals surface area contributed by atoms with Gasteiger partial charge < -0.3 is 35.8 Å². The van der Waals surface area contributed by atoms with Gasteiger partial charge in [-0.15, -0.1) is 0 Å². The summed E-state index contributed by atoms with van der Waals surface area (Å²) in [6, 6.07) is 5.75. The lowest BCUT2D eigenvalue weighted by atomic mass is 10.0. The molecule has 1 heterocycles. The van der Waals surface area contributed by atoms with Gasteiger partial charge >= 0.3 is 0 Å². The summed E-state index contributed by atoms with van der Waals surface area (Å²) in [7, 11) is 0. The lowest BCUT2D eigenvalue weighted by Gasteiger charge is -2.36. The van der Waals surface area contributed by atoms with E-state index in [-0.39, 0.29) is 17.5 Å². The normalized spacial score (nSPS) is 31.0. The average molecular weight is 271 g/mol. The van der Waals surface area contributed by atoms with Crippen molar-refractivity contribution in [3.8, 4) is 0 Å². The van der Waals surface area contributed by atoms with Gasteiger partial charge in [-0.3, -0.25) is 5.21 Å². The second-order valence-corrected chi connectivity index (χ2v) is 4.27. The van der Waals surface area contributed by atoms with Gasteiger partial charge in [-0.25, -0.2) is 0 Å². The number of aliphatic hydroxyl groups excluding tert-OH is 3. The van der Waals surface area contributed by atoms with E-state index in [0.29, 0.717) is 5.69 Å². The molecule has 106 valence electrons. The summed E-state index contributed by atoms with van der Waals surface area (Å²) in [6.45, 7) is -0.0983. The SMILES string of the molecule is [O-]N(O)c1ccc(NC2OCC(O)C(O)C2O)cc1. The summed E-state index contributed by atoms with van der Waals surface area (Å²) in [6.07, 6.45) is -4.57. The summed E-state index contributed by atoms with van der Waals surface area (Å²) < 4.78 is 5.16. The Bertz CT molecular complexity index is 412. The van der Waals surface area contributed by atoms with Crippen molar-refractivity contribution in [2.45, 2.75) is 24.5 Å². The number of benzene rings is 1. The van der Waals surface area contributed by atoms with Crippen molar-refractivity contribution in [2.24, 2.45) is 0 Å². The molecule has 2 rings (SSSR count). The van der Waals surface area contributed by atoms with E-state index in [1.807, 2.05) is 0 Å². The van der Waals surface area contributed by atoms with Crippen molar-refractivity contribution in [1.82, 2.24) is 0 Å². The van der Waals surface area contributed by atoms with Gasteiger partial charge in [-0.1, -0.05) is 0 Å². The quantitative estimate of drug-likeness (QED) is 0.453. The Morgan fingerprint density at radius 1 is 1.16 bits per heavy atom. The van der Waals surface area contributed by atoms with E-state index in [1.165, 1.54) is 24.3 Å². The number of rotatable bonds is 3. The Kier molecular flexibility index (Phi) is 4.20. The van der Waals surface area contributed by atoms with Crippen LogP contribution in [0.15, 0.2) is 24.3 Å². The van der Waals surface area contributed by atoms with Gasteiger partial charge in [-0.2, -0.15) is 0 Å². The Hall–Kier alpha value is -1.42. The predicted molar refractivity (Wildman–Crippen MR) is 65.5 cm³/mol. The Labute approximate surface area is 109 Å². The monoisotopic (exact) mass is 271 g/mol. The maximum atomic E-state index is 10.6. The van der Waals surface area contributed by atoms with Crippen molar-refractivity contribution in [2.75, 3.05) is 17.2 Å². The summed E-state index contributed by atoms with van der Waals surface area (Å²) in [5, 5.41) is 50.3. The van der Waals surface area contributed by atoms with E-state index in [1.54, 1.807) is 0 Å². The first kappa shape index (κ1) is 14.0. The maximum absolute atomic E-state index is 10.6. The molecule has 0 saturated carbocycles. The van der Waals surface area contributed by atoms with Gasteiger partial charge in [0.25, 0.3) is 0 Å². The third-order valence-corrected chi connectivity index (χ3v) is 2.90. The molecule has 5 N–H and O–H groups in total. The van der Waals surface area contributed by atoms with Crippen LogP contribution in [-0.2, 0) is 4.74 Å². The van der Waals surface area contributed by atoms with Crippen molar-refractivity contribution in [1.29, 1.82) is 0 Å². The molecule has 0 radical (unpaired) electrons. The highest BCUT2D eigenvalue weighted by atomic mass is 16.8. The molecule has 8 nitrogen and oxygen atoms in total. The number of ether oxygens (including phenoxy) is 1. The maximum Gasteiger partial charge on any atom is 0.156 e. The van der Waals surface area contributed by atoms with Crippen molar-refractivity contribution in [3.63, 3.8) is 0 Å². The van der Waals surface area contributed by atoms with E-state index in [4.69, 9.17) is 9.94 Å². The molecule has 0 amide bonds. The third-order valence-electron chi connectivity index (χ3n) is 2.90. The minimum atomic E-state index is -1.29. The van der Waals surface area contributed by atoms with Gasteiger partial charge in [0.05, 0.1) is 12.3 Å². The molecule has 0 aromatic heterocycles.